The van der Waals surface area contributed by atoms with Crippen LogP contribution in [0.2, 0.25) is 0 Å². The molecule has 0 N–H and O–H groups in total. The minimum Gasteiger partial charge on any atom is -0.382 e. The van der Waals surface area contributed by atoms with Crippen molar-refractivity contribution >= 4 is 33.2 Å². The number of benzene rings is 2. The average Bonchev–Trinajstić information content (AvgIpc) is 3.11. The van der Waals surface area contributed by atoms with Crippen LogP contribution in [-0.4, -0.2) is 37.3 Å². The Kier molecular flexibility index (Phi) is 4.91. The molecule has 0 saturated heterocycles. The van der Waals surface area contributed by atoms with Gasteiger partial charge in [-0.1, -0.05) is 12.1 Å². The van der Waals surface area contributed by atoms with Gasteiger partial charge in [-0.3, -0.25) is 13.9 Å². The van der Waals surface area contributed by atoms with Crippen LogP contribution >= 0.6 is 0 Å². The highest BCUT2D eigenvalue weighted by Crippen LogP contribution is 2.28. The lowest BCUT2D eigenvalue weighted by Gasteiger charge is -2.08. The van der Waals surface area contributed by atoms with E-state index in [0.717, 1.165) is 0 Å². The van der Waals surface area contributed by atoms with E-state index in [9.17, 15) is 9.18 Å². The predicted molar refractivity (Wildman–Crippen MR) is 117 cm³/mol. The highest BCUT2D eigenvalue weighted by Gasteiger charge is 2.20. The number of hydrogen-bond acceptors (Lipinski definition) is 5. The van der Waals surface area contributed by atoms with E-state index in [1.165, 1.54) is 18.5 Å². The molecule has 156 valence electrons. The zero-order valence-electron chi connectivity index (χ0n) is 17.0. The van der Waals surface area contributed by atoms with Gasteiger partial charge in [-0.05, 0) is 49.7 Å². The molecule has 2 aromatic carbocycles. The number of halogens is 1. The van der Waals surface area contributed by atoms with Gasteiger partial charge in [0, 0.05) is 25.4 Å². The largest absolute Gasteiger partial charge is 0.382 e. The molecular weight excluding hydrogens is 397 g/mol. The van der Waals surface area contributed by atoms with Crippen molar-refractivity contribution < 1.29 is 9.13 Å². The summed E-state index contributed by atoms with van der Waals surface area (Å²) in [5.74, 6) is -0.342. The molecule has 0 amide bonds. The van der Waals surface area contributed by atoms with Crippen LogP contribution in [-0.2, 0) is 11.3 Å². The number of para-hydroxylation sites is 2. The molecule has 8 heteroatoms. The van der Waals surface area contributed by atoms with Crippen LogP contribution in [0.25, 0.3) is 38.9 Å². The van der Waals surface area contributed by atoms with Crippen molar-refractivity contribution in [2.45, 2.75) is 19.9 Å². The maximum Gasteiger partial charge on any atom is 0.265 e. The second-order valence-electron chi connectivity index (χ2n) is 7.19. The molecule has 0 aliphatic rings. The molecule has 31 heavy (non-hydrogen) atoms. The van der Waals surface area contributed by atoms with E-state index < -0.39 is 0 Å². The van der Waals surface area contributed by atoms with Crippen molar-refractivity contribution in [3.63, 3.8) is 0 Å². The van der Waals surface area contributed by atoms with E-state index in [1.54, 1.807) is 21.3 Å². The number of aryl methyl sites for hydroxylation is 1. The average molecular weight is 417 g/mol. The molecule has 7 nitrogen and oxygen atoms in total. The first kappa shape index (κ1) is 19.3. The number of aromatic nitrogens is 5. The third kappa shape index (κ3) is 3.34. The Hall–Kier alpha value is -3.65. The van der Waals surface area contributed by atoms with Gasteiger partial charge in [-0.2, -0.15) is 0 Å². The summed E-state index contributed by atoms with van der Waals surface area (Å²) in [6.45, 7) is 3.64. The molecule has 0 aliphatic heterocycles. The first-order chi connectivity index (χ1) is 15.2. The molecule has 5 rings (SSSR count). The van der Waals surface area contributed by atoms with Crippen molar-refractivity contribution in [3.05, 3.63) is 71.0 Å². The van der Waals surface area contributed by atoms with Crippen LogP contribution < -0.4 is 5.56 Å². The van der Waals surface area contributed by atoms with Crippen LogP contribution in [0.4, 0.5) is 4.39 Å². The lowest BCUT2D eigenvalue weighted by Crippen LogP contribution is -2.21. The smallest absolute Gasteiger partial charge is 0.265 e. The standard InChI is InChI=1S/C23H20FN5O2/c1-2-31-13-5-12-28-14-25-21-19(23(28)30)20-22(27-18-7-4-3-6-17(18)26-20)29(21)16-10-8-15(24)9-11-16/h3-4,6-11,14H,2,5,12-13H2,1H3. The highest BCUT2D eigenvalue weighted by molar-refractivity contribution is 6.05. The first-order valence-electron chi connectivity index (χ1n) is 10.2. The quantitative estimate of drug-likeness (QED) is 0.392. The summed E-state index contributed by atoms with van der Waals surface area (Å²) in [5, 5.41) is 0.400. The van der Waals surface area contributed by atoms with E-state index in [2.05, 4.69) is 4.98 Å². The van der Waals surface area contributed by atoms with Gasteiger partial charge in [0.25, 0.3) is 5.56 Å². The van der Waals surface area contributed by atoms with Crippen LogP contribution in [0.1, 0.15) is 13.3 Å². The van der Waals surface area contributed by atoms with E-state index in [-0.39, 0.29) is 11.4 Å². The van der Waals surface area contributed by atoms with Gasteiger partial charge >= 0.3 is 0 Å². The molecule has 3 aromatic heterocycles. The van der Waals surface area contributed by atoms with Crippen LogP contribution in [0.3, 0.4) is 0 Å². The molecule has 0 unspecified atom stereocenters. The second-order valence-corrected chi connectivity index (χ2v) is 7.19. The number of nitrogens with zero attached hydrogens (tertiary/aromatic N) is 5. The number of fused-ring (bicyclic) bond motifs is 4. The molecular formula is C23H20FN5O2. The fraction of sp³-hybridized carbons (Fsp3) is 0.217. The van der Waals surface area contributed by atoms with E-state index in [1.807, 2.05) is 31.2 Å². The molecule has 0 saturated carbocycles. The minimum absolute atomic E-state index is 0.183. The van der Waals surface area contributed by atoms with Crippen molar-refractivity contribution in [2.24, 2.45) is 0 Å². The van der Waals surface area contributed by atoms with Gasteiger partial charge in [-0.15, -0.1) is 0 Å². The van der Waals surface area contributed by atoms with Gasteiger partial charge in [0.1, 0.15) is 16.7 Å². The maximum absolute atomic E-state index is 13.5. The monoisotopic (exact) mass is 417 g/mol. The summed E-state index contributed by atoms with van der Waals surface area (Å²) < 4.78 is 22.3. The fourth-order valence-corrected chi connectivity index (χ4v) is 3.75. The zero-order valence-corrected chi connectivity index (χ0v) is 17.0. The Balaban J connectivity index is 1.79. The molecule has 0 fully saturated rings. The molecule has 3 heterocycles. The molecule has 0 radical (unpaired) electrons. The van der Waals surface area contributed by atoms with Crippen LogP contribution in [0.15, 0.2) is 59.7 Å². The Morgan fingerprint density at radius 3 is 2.48 bits per heavy atom. The van der Waals surface area contributed by atoms with Crippen molar-refractivity contribution in [3.8, 4) is 5.69 Å². The lowest BCUT2D eigenvalue weighted by atomic mass is 10.3. The van der Waals surface area contributed by atoms with Crippen molar-refractivity contribution in [2.75, 3.05) is 13.2 Å². The van der Waals surface area contributed by atoms with Gasteiger partial charge < -0.3 is 4.74 Å². The summed E-state index contributed by atoms with van der Waals surface area (Å²) >= 11 is 0. The van der Waals surface area contributed by atoms with Crippen LogP contribution in [0.5, 0.6) is 0 Å². The summed E-state index contributed by atoms with van der Waals surface area (Å²) in [7, 11) is 0. The van der Waals surface area contributed by atoms with E-state index >= 15 is 0 Å². The molecule has 5 aromatic rings. The molecule has 0 bridgehead atoms. The molecule has 0 atom stereocenters. The second kappa shape index (κ2) is 7.88. The molecule has 0 aliphatic carbocycles. The first-order valence-corrected chi connectivity index (χ1v) is 10.2. The minimum atomic E-state index is -0.342. The fourth-order valence-electron chi connectivity index (χ4n) is 3.75. The topological polar surface area (TPSA) is 74.8 Å². The van der Waals surface area contributed by atoms with E-state index in [0.29, 0.717) is 65.1 Å². The van der Waals surface area contributed by atoms with Gasteiger partial charge in [0.05, 0.1) is 17.4 Å². The number of rotatable bonds is 6. The summed E-state index contributed by atoms with van der Waals surface area (Å²) in [5.41, 5.74) is 3.32. The molecule has 0 spiro atoms. The zero-order chi connectivity index (χ0) is 21.4. The Labute approximate surface area is 176 Å². The number of hydrogen-bond donors (Lipinski definition) is 0. The van der Waals surface area contributed by atoms with Gasteiger partial charge in [0.2, 0.25) is 0 Å². The predicted octanol–water partition coefficient (Wildman–Crippen LogP) is 3.85. The lowest BCUT2D eigenvalue weighted by molar-refractivity contribution is 0.141. The Morgan fingerprint density at radius 2 is 1.74 bits per heavy atom. The Bertz CT molecular complexity index is 1460. The summed E-state index contributed by atoms with van der Waals surface area (Å²) in [4.78, 5) is 27.5. The van der Waals surface area contributed by atoms with Crippen molar-refractivity contribution in [1.29, 1.82) is 0 Å². The number of ether oxygens (including phenoxy) is 1. The van der Waals surface area contributed by atoms with Crippen LogP contribution in [0, 0.1) is 5.82 Å². The highest BCUT2D eigenvalue weighted by atomic mass is 19.1. The third-order valence-electron chi connectivity index (χ3n) is 5.21. The SMILES string of the molecule is CCOCCCn1cnc2c(c1=O)c1nc3ccccc3nc1n2-c1ccc(F)cc1. The third-order valence-corrected chi connectivity index (χ3v) is 5.21. The normalized spacial score (nSPS) is 11.7. The Morgan fingerprint density at radius 1 is 1.00 bits per heavy atom. The summed E-state index contributed by atoms with van der Waals surface area (Å²) in [6.07, 6.45) is 2.24. The van der Waals surface area contributed by atoms with Crippen molar-refractivity contribution in [1.82, 2.24) is 24.1 Å². The summed E-state index contributed by atoms with van der Waals surface area (Å²) in [6, 6.07) is 13.5. The maximum atomic E-state index is 13.5. The van der Waals surface area contributed by atoms with Gasteiger partial charge in [-0.25, -0.2) is 19.3 Å². The van der Waals surface area contributed by atoms with E-state index in [4.69, 9.17) is 14.7 Å². The van der Waals surface area contributed by atoms with Gasteiger partial charge in [0.15, 0.2) is 11.3 Å².